The first-order valence-corrected chi connectivity index (χ1v) is 3.95. The van der Waals surface area contributed by atoms with Crippen molar-refractivity contribution in [2.75, 3.05) is 13.6 Å². The van der Waals surface area contributed by atoms with Gasteiger partial charge < -0.3 is 10.3 Å². The van der Waals surface area contributed by atoms with E-state index in [2.05, 4.69) is 30.2 Å². The molecule has 2 heteroatoms. The molecule has 0 amide bonds. The first-order chi connectivity index (χ1) is 5.17. The van der Waals surface area contributed by atoms with Gasteiger partial charge in [0.05, 0.1) is 0 Å². The molecule has 0 bridgehead atoms. The van der Waals surface area contributed by atoms with Gasteiger partial charge in [-0.1, -0.05) is 13.8 Å². The molecule has 0 spiro atoms. The summed E-state index contributed by atoms with van der Waals surface area (Å²) in [4.78, 5) is 3.22. The Hall–Kier alpha value is -0.760. The van der Waals surface area contributed by atoms with Crippen LogP contribution in [-0.4, -0.2) is 18.6 Å². The maximum Gasteiger partial charge on any atom is 0.0217 e. The second-order valence-corrected chi connectivity index (χ2v) is 3.50. The van der Waals surface area contributed by atoms with E-state index in [9.17, 15) is 0 Å². The number of likely N-dealkylation sites (N-methyl/N-ethyl adjacent to an activating group) is 1. The van der Waals surface area contributed by atoms with Crippen molar-refractivity contribution in [1.82, 2.24) is 10.3 Å². The van der Waals surface area contributed by atoms with E-state index < -0.39 is 0 Å². The summed E-state index contributed by atoms with van der Waals surface area (Å²) in [6, 6.07) is 4.16. The van der Waals surface area contributed by atoms with E-state index >= 15 is 0 Å². The van der Waals surface area contributed by atoms with Crippen molar-refractivity contribution in [2.24, 2.45) is 0 Å². The van der Waals surface area contributed by atoms with Crippen molar-refractivity contribution in [3.8, 4) is 0 Å². The zero-order valence-electron chi connectivity index (χ0n) is 7.44. The SMILES string of the molecule is CNCC(C)(C)c1ccc[nH]1. The molecule has 0 saturated heterocycles. The lowest BCUT2D eigenvalue weighted by molar-refractivity contribution is 0.482. The molecule has 0 atom stereocenters. The molecule has 11 heavy (non-hydrogen) atoms. The van der Waals surface area contributed by atoms with Gasteiger partial charge in [-0.3, -0.25) is 0 Å². The van der Waals surface area contributed by atoms with Crippen LogP contribution < -0.4 is 5.32 Å². The Morgan fingerprint density at radius 3 is 2.73 bits per heavy atom. The third-order valence-corrected chi connectivity index (χ3v) is 1.95. The molecule has 1 heterocycles. The molecule has 1 aromatic heterocycles. The molecular weight excluding hydrogens is 136 g/mol. The molecule has 62 valence electrons. The van der Waals surface area contributed by atoms with Crippen molar-refractivity contribution in [3.05, 3.63) is 24.0 Å². The first-order valence-electron chi connectivity index (χ1n) is 3.95. The number of aromatic amines is 1. The third kappa shape index (κ3) is 1.84. The fourth-order valence-corrected chi connectivity index (χ4v) is 1.29. The van der Waals surface area contributed by atoms with Gasteiger partial charge in [-0.05, 0) is 19.2 Å². The first kappa shape index (κ1) is 8.34. The zero-order valence-corrected chi connectivity index (χ0v) is 7.44. The van der Waals surface area contributed by atoms with Crippen LogP contribution in [0.25, 0.3) is 0 Å². The fraction of sp³-hybridized carbons (Fsp3) is 0.556. The minimum Gasteiger partial charge on any atom is -0.365 e. The number of H-pyrrole nitrogens is 1. The topological polar surface area (TPSA) is 27.8 Å². The van der Waals surface area contributed by atoms with Gasteiger partial charge in [-0.15, -0.1) is 0 Å². The van der Waals surface area contributed by atoms with Crippen LogP contribution in [0.2, 0.25) is 0 Å². The van der Waals surface area contributed by atoms with Gasteiger partial charge in [-0.2, -0.15) is 0 Å². The van der Waals surface area contributed by atoms with Crippen LogP contribution in [0, 0.1) is 0 Å². The predicted molar refractivity (Wildman–Crippen MR) is 47.7 cm³/mol. The van der Waals surface area contributed by atoms with Crippen LogP contribution in [-0.2, 0) is 5.41 Å². The summed E-state index contributed by atoms with van der Waals surface area (Å²) in [7, 11) is 1.98. The molecule has 0 radical (unpaired) electrons. The summed E-state index contributed by atoms with van der Waals surface area (Å²) in [6.45, 7) is 5.43. The van der Waals surface area contributed by atoms with Crippen molar-refractivity contribution in [1.29, 1.82) is 0 Å². The normalized spacial score (nSPS) is 11.9. The highest BCUT2D eigenvalue weighted by molar-refractivity contribution is 5.15. The lowest BCUT2D eigenvalue weighted by Gasteiger charge is -2.22. The Labute approximate surface area is 68.0 Å². The summed E-state index contributed by atoms with van der Waals surface area (Å²) >= 11 is 0. The standard InChI is InChI=1S/C9H16N2/c1-9(2,7-10-3)8-5-4-6-11-8/h4-6,10-11H,7H2,1-3H3. The van der Waals surface area contributed by atoms with Crippen molar-refractivity contribution in [2.45, 2.75) is 19.3 Å². The predicted octanol–water partition coefficient (Wildman–Crippen LogP) is 1.51. The van der Waals surface area contributed by atoms with Gasteiger partial charge in [0.15, 0.2) is 0 Å². The average molecular weight is 152 g/mol. The summed E-state index contributed by atoms with van der Waals surface area (Å²) in [6.07, 6.45) is 1.97. The van der Waals surface area contributed by atoms with Gasteiger partial charge in [0.1, 0.15) is 0 Å². The molecule has 0 aliphatic carbocycles. The minimum absolute atomic E-state index is 0.207. The maximum absolute atomic E-state index is 3.22. The van der Waals surface area contributed by atoms with E-state index in [4.69, 9.17) is 0 Å². The van der Waals surface area contributed by atoms with E-state index in [0.717, 1.165) is 6.54 Å². The smallest absolute Gasteiger partial charge is 0.0217 e. The fourth-order valence-electron chi connectivity index (χ4n) is 1.29. The lowest BCUT2D eigenvalue weighted by atomic mass is 9.89. The number of rotatable bonds is 3. The van der Waals surface area contributed by atoms with Crippen LogP contribution in [0.4, 0.5) is 0 Å². The molecule has 0 fully saturated rings. The van der Waals surface area contributed by atoms with E-state index in [0.29, 0.717) is 0 Å². The quantitative estimate of drug-likeness (QED) is 0.675. The highest BCUT2D eigenvalue weighted by Crippen LogP contribution is 2.19. The highest BCUT2D eigenvalue weighted by Gasteiger charge is 2.19. The summed E-state index contributed by atoms with van der Waals surface area (Å²) in [5.41, 5.74) is 1.49. The van der Waals surface area contributed by atoms with Crippen molar-refractivity contribution in [3.63, 3.8) is 0 Å². The van der Waals surface area contributed by atoms with E-state index in [1.807, 2.05) is 19.3 Å². The van der Waals surface area contributed by atoms with Gasteiger partial charge in [-0.25, -0.2) is 0 Å². The van der Waals surface area contributed by atoms with Crippen LogP contribution in [0.5, 0.6) is 0 Å². The molecule has 2 nitrogen and oxygen atoms in total. The van der Waals surface area contributed by atoms with E-state index in [-0.39, 0.29) is 5.41 Å². The monoisotopic (exact) mass is 152 g/mol. The largest absolute Gasteiger partial charge is 0.365 e. The number of aromatic nitrogens is 1. The molecule has 0 unspecified atom stereocenters. The Morgan fingerprint density at radius 2 is 2.27 bits per heavy atom. The molecule has 1 rings (SSSR count). The molecule has 2 N–H and O–H groups in total. The Kier molecular flexibility index (Phi) is 2.35. The summed E-state index contributed by atoms with van der Waals surface area (Å²) in [5, 5.41) is 3.18. The number of hydrogen-bond donors (Lipinski definition) is 2. The Balaban J connectivity index is 2.73. The lowest BCUT2D eigenvalue weighted by Crippen LogP contribution is -2.30. The van der Waals surface area contributed by atoms with Crippen LogP contribution in [0.3, 0.4) is 0 Å². The Morgan fingerprint density at radius 1 is 1.55 bits per heavy atom. The van der Waals surface area contributed by atoms with Gasteiger partial charge >= 0.3 is 0 Å². The number of nitrogens with one attached hydrogen (secondary N) is 2. The summed E-state index contributed by atoms with van der Waals surface area (Å²) < 4.78 is 0. The van der Waals surface area contributed by atoms with E-state index in [1.54, 1.807) is 0 Å². The number of hydrogen-bond acceptors (Lipinski definition) is 1. The van der Waals surface area contributed by atoms with Crippen LogP contribution >= 0.6 is 0 Å². The highest BCUT2D eigenvalue weighted by atomic mass is 14.8. The maximum atomic E-state index is 3.22. The van der Waals surface area contributed by atoms with Gasteiger partial charge in [0, 0.05) is 23.9 Å². The second-order valence-electron chi connectivity index (χ2n) is 3.50. The molecule has 0 saturated carbocycles. The zero-order chi connectivity index (χ0) is 8.32. The molecule has 0 aliphatic rings. The van der Waals surface area contributed by atoms with Crippen LogP contribution in [0.1, 0.15) is 19.5 Å². The second kappa shape index (κ2) is 3.09. The summed E-state index contributed by atoms with van der Waals surface area (Å²) in [5.74, 6) is 0. The molecular formula is C9H16N2. The Bertz CT molecular complexity index is 199. The van der Waals surface area contributed by atoms with Crippen molar-refractivity contribution >= 4 is 0 Å². The van der Waals surface area contributed by atoms with Gasteiger partial charge in [0.25, 0.3) is 0 Å². The third-order valence-electron chi connectivity index (χ3n) is 1.95. The van der Waals surface area contributed by atoms with Crippen molar-refractivity contribution < 1.29 is 0 Å². The van der Waals surface area contributed by atoms with Gasteiger partial charge in [0.2, 0.25) is 0 Å². The molecule has 1 aromatic rings. The average Bonchev–Trinajstić information content (AvgIpc) is 2.37. The minimum atomic E-state index is 0.207. The van der Waals surface area contributed by atoms with Crippen LogP contribution in [0.15, 0.2) is 18.3 Å². The van der Waals surface area contributed by atoms with E-state index in [1.165, 1.54) is 5.69 Å². The molecule has 0 aliphatic heterocycles. The molecule has 0 aromatic carbocycles.